The minimum absolute atomic E-state index is 0.0297. The van der Waals surface area contributed by atoms with Gasteiger partial charge in [-0.05, 0) is 55.4 Å². The fourth-order valence-corrected chi connectivity index (χ4v) is 4.64. The zero-order valence-corrected chi connectivity index (χ0v) is 11.8. The summed E-state index contributed by atoms with van der Waals surface area (Å²) in [4.78, 5) is 0.433. The lowest BCUT2D eigenvalue weighted by atomic mass is 10.1. The van der Waals surface area contributed by atoms with Crippen LogP contribution in [0.3, 0.4) is 0 Å². The molecule has 104 valence electrons. The molecule has 0 spiro atoms. The first-order valence-electron chi connectivity index (χ1n) is 6.95. The van der Waals surface area contributed by atoms with Crippen LogP contribution < -0.4 is 5.73 Å². The summed E-state index contributed by atoms with van der Waals surface area (Å²) in [6.07, 6.45) is 4.97. The Hall–Kier alpha value is -0.910. The van der Waals surface area contributed by atoms with Crippen molar-refractivity contribution in [3.63, 3.8) is 0 Å². The third-order valence-corrected chi connectivity index (χ3v) is 5.99. The van der Waals surface area contributed by atoms with E-state index in [1.165, 1.54) is 15.4 Å². The van der Waals surface area contributed by atoms with E-state index in [-0.39, 0.29) is 6.04 Å². The van der Waals surface area contributed by atoms with Gasteiger partial charge in [0, 0.05) is 19.1 Å². The number of piperidine rings is 1. The molecule has 2 N–H and O–H groups in total. The first kappa shape index (κ1) is 13.1. The lowest BCUT2D eigenvalue weighted by molar-refractivity contribution is 0.316. The second-order valence-corrected chi connectivity index (χ2v) is 7.49. The molecule has 0 bridgehead atoms. The maximum atomic E-state index is 12.6. The Bertz CT molecular complexity index is 583. The molecule has 0 amide bonds. The Morgan fingerprint density at radius 3 is 2.74 bits per heavy atom. The molecule has 0 aromatic heterocycles. The normalized spacial score (nSPS) is 24.4. The first-order valence-corrected chi connectivity index (χ1v) is 8.39. The molecule has 1 atom stereocenters. The van der Waals surface area contributed by atoms with Gasteiger partial charge in [-0.15, -0.1) is 0 Å². The molecule has 1 fully saturated rings. The van der Waals surface area contributed by atoms with E-state index >= 15 is 0 Å². The first-order chi connectivity index (χ1) is 9.07. The van der Waals surface area contributed by atoms with Crippen molar-refractivity contribution in [3.05, 3.63) is 29.3 Å². The van der Waals surface area contributed by atoms with Gasteiger partial charge in [0.2, 0.25) is 10.0 Å². The monoisotopic (exact) mass is 280 g/mol. The number of hydrogen-bond donors (Lipinski definition) is 1. The van der Waals surface area contributed by atoms with Gasteiger partial charge >= 0.3 is 0 Å². The molecule has 0 saturated carbocycles. The van der Waals surface area contributed by atoms with Crippen LogP contribution in [0.5, 0.6) is 0 Å². The quantitative estimate of drug-likeness (QED) is 0.888. The molecule has 4 nitrogen and oxygen atoms in total. The second kappa shape index (κ2) is 4.89. The predicted octanol–water partition coefficient (Wildman–Crippen LogP) is 1.29. The Morgan fingerprint density at radius 1 is 1.16 bits per heavy atom. The van der Waals surface area contributed by atoms with Crippen LogP contribution in [0, 0.1) is 0 Å². The van der Waals surface area contributed by atoms with Gasteiger partial charge < -0.3 is 5.73 Å². The third kappa shape index (κ3) is 2.42. The summed E-state index contributed by atoms with van der Waals surface area (Å²) in [5.74, 6) is 0. The summed E-state index contributed by atoms with van der Waals surface area (Å²) in [6, 6.07) is 5.55. The third-order valence-electron chi connectivity index (χ3n) is 4.13. The van der Waals surface area contributed by atoms with Gasteiger partial charge in [0.1, 0.15) is 0 Å². The minimum atomic E-state index is -3.36. The van der Waals surface area contributed by atoms with Crippen molar-refractivity contribution < 1.29 is 8.42 Å². The molecule has 19 heavy (non-hydrogen) atoms. The summed E-state index contributed by atoms with van der Waals surface area (Å²) < 4.78 is 26.7. The maximum absolute atomic E-state index is 12.6. The van der Waals surface area contributed by atoms with E-state index in [1.54, 1.807) is 6.07 Å². The molecule has 1 aromatic rings. The topological polar surface area (TPSA) is 63.4 Å². The number of rotatable bonds is 2. The van der Waals surface area contributed by atoms with E-state index in [4.69, 9.17) is 5.73 Å². The molecule has 1 aliphatic carbocycles. The molecular weight excluding hydrogens is 260 g/mol. The Balaban J connectivity index is 1.91. The van der Waals surface area contributed by atoms with Crippen molar-refractivity contribution in [2.45, 2.75) is 43.0 Å². The molecule has 1 aliphatic heterocycles. The number of benzene rings is 1. The van der Waals surface area contributed by atoms with Crippen LogP contribution in [0.25, 0.3) is 0 Å². The van der Waals surface area contributed by atoms with Gasteiger partial charge in [-0.3, -0.25) is 0 Å². The minimum Gasteiger partial charge on any atom is -0.327 e. The van der Waals surface area contributed by atoms with Crippen LogP contribution in [-0.4, -0.2) is 31.9 Å². The SMILES string of the molecule is N[C@@H]1CCCN(S(=O)(=O)c2ccc3c(c2)CCC3)C1. The van der Waals surface area contributed by atoms with E-state index in [9.17, 15) is 8.42 Å². The number of sulfonamides is 1. The van der Waals surface area contributed by atoms with Crippen LogP contribution >= 0.6 is 0 Å². The highest BCUT2D eigenvalue weighted by Crippen LogP contribution is 2.27. The van der Waals surface area contributed by atoms with Crippen molar-refractivity contribution in [3.8, 4) is 0 Å². The van der Waals surface area contributed by atoms with Gasteiger partial charge in [0.15, 0.2) is 0 Å². The molecule has 0 unspecified atom stereocenters. The molecule has 1 heterocycles. The maximum Gasteiger partial charge on any atom is 0.243 e. The summed E-state index contributed by atoms with van der Waals surface area (Å²) >= 11 is 0. The standard InChI is InChI=1S/C14H20N2O2S/c15-13-5-2-8-16(10-13)19(17,18)14-7-6-11-3-1-4-12(11)9-14/h6-7,9,13H,1-5,8,10,15H2/t13-/m1/s1. The van der Waals surface area contributed by atoms with Crippen LogP contribution in [0.2, 0.25) is 0 Å². The average Bonchev–Trinajstić information content (AvgIpc) is 2.85. The van der Waals surface area contributed by atoms with Crippen molar-refractivity contribution in [2.24, 2.45) is 5.73 Å². The van der Waals surface area contributed by atoms with Crippen molar-refractivity contribution in [1.82, 2.24) is 4.31 Å². The summed E-state index contributed by atoms with van der Waals surface area (Å²) in [5.41, 5.74) is 8.38. The fourth-order valence-electron chi connectivity index (χ4n) is 3.05. The van der Waals surface area contributed by atoms with Crippen molar-refractivity contribution >= 4 is 10.0 Å². The van der Waals surface area contributed by atoms with Gasteiger partial charge in [-0.25, -0.2) is 8.42 Å². The van der Waals surface area contributed by atoms with Gasteiger partial charge in [-0.2, -0.15) is 4.31 Å². The molecule has 0 radical (unpaired) electrons. The van der Waals surface area contributed by atoms with Crippen LogP contribution in [-0.2, 0) is 22.9 Å². The van der Waals surface area contributed by atoms with Gasteiger partial charge in [0.25, 0.3) is 0 Å². The van der Waals surface area contributed by atoms with E-state index in [1.807, 2.05) is 12.1 Å². The number of nitrogens with two attached hydrogens (primary N) is 1. The van der Waals surface area contributed by atoms with Gasteiger partial charge in [-0.1, -0.05) is 6.07 Å². The lowest BCUT2D eigenvalue weighted by Crippen LogP contribution is -2.45. The Labute approximate surface area is 114 Å². The average molecular weight is 280 g/mol. The largest absolute Gasteiger partial charge is 0.327 e. The highest BCUT2D eigenvalue weighted by Gasteiger charge is 2.29. The molecular formula is C14H20N2O2S. The number of nitrogens with zero attached hydrogens (tertiary/aromatic N) is 1. The van der Waals surface area contributed by atoms with E-state index in [0.29, 0.717) is 18.0 Å². The number of hydrogen-bond acceptors (Lipinski definition) is 3. The molecule has 5 heteroatoms. The highest BCUT2D eigenvalue weighted by molar-refractivity contribution is 7.89. The Kier molecular flexibility index (Phi) is 3.37. The number of aryl methyl sites for hydroxylation is 2. The van der Waals surface area contributed by atoms with Crippen LogP contribution in [0.15, 0.2) is 23.1 Å². The zero-order chi connectivity index (χ0) is 13.5. The lowest BCUT2D eigenvalue weighted by Gasteiger charge is -2.30. The van der Waals surface area contributed by atoms with Crippen LogP contribution in [0.4, 0.5) is 0 Å². The summed E-state index contributed by atoms with van der Waals surface area (Å²) in [5, 5.41) is 0. The summed E-state index contributed by atoms with van der Waals surface area (Å²) in [7, 11) is -3.36. The second-order valence-electron chi connectivity index (χ2n) is 5.55. The fraction of sp³-hybridized carbons (Fsp3) is 0.571. The summed E-state index contributed by atoms with van der Waals surface area (Å²) in [6.45, 7) is 1.03. The van der Waals surface area contributed by atoms with Crippen molar-refractivity contribution in [1.29, 1.82) is 0 Å². The van der Waals surface area contributed by atoms with E-state index < -0.39 is 10.0 Å². The molecule has 2 aliphatic rings. The Morgan fingerprint density at radius 2 is 1.95 bits per heavy atom. The zero-order valence-electron chi connectivity index (χ0n) is 11.0. The highest BCUT2D eigenvalue weighted by atomic mass is 32.2. The van der Waals surface area contributed by atoms with E-state index in [0.717, 1.165) is 32.1 Å². The van der Waals surface area contributed by atoms with Crippen molar-refractivity contribution in [2.75, 3.05) is 13.1 Å². The predicted molar refractivity (Wildman–Crippen MR) is 74.4 cm³/mol. The number of fused-ring (bicyclic) bond motifs is 1. The van der Waals surface area contributed by atoms with E-state index in [2.05, 4.69) is 0 Å². The smallest absolute Gasteiger partial charge is 0.243 e. The molecule has 3 rings (SSSR count). The van der Waals surface area contributed by atoms with Gasteiger partial charge in [0.05, 0.1) is 4.90 Å². The molecule has 1 aromatic carbocycles. The van der Waals surface area contributed by atoms with Crippen LogP contribution in [0.1, 0.15) is 30.4 Å². The molecule has 1 saturated heterocycles.